The Bertz CT molecular complexity index is 1010. The van der Waals surface area contributed by atoms with Crippen LogP contribution >= 0.6 is 0 Å². The number of carboxylic acids is 1. The molecular weight excluding hydrogens is 336 g/mol. The summed E-state index contributed by atoms with van der Waals surface area (Å²) in [7, 11) is 0. The molecule has 0 fully saturated rings. The number of aromatic nitrogens is 3. The summed E-state index contributed by atoms with van der Waals surface area (Å²) in [5.74, 6) is -1.05. The van der Waals surface area contributed by atoms with Crippen molar-refractivity contribution in [1.82, 2.24) is 14.6 Å². The van der Waals surface area contributed by atoms with Crippen molar-refractivity contribution in [1.29, 1.82) is 0 Å². The first-order valence-electron chi connectivity index (χ1n) is 8.04. The first-order valence-corrected chi connectivity index (χ1v) is 8.04. The second-order valence-corrected chi connectivity index (χ2v) is 5.75. The first-order chi connectivity index (χ1) is 12.4. The number of aryl methyl sites for hydroxylation is 2. The van der Waals surface area contributed by atoms with Crippen molar-refractivity contribution < 1.29 is 19.4 Å². The van der Waals surface area contributed by atoms with E-state index in [4.69, 9.17) is 4.74 Å². The fourth-order valence-corrected chi connectivity index (χ4v) is 2.70. The maximum Gasteiger partial charge on any atom is 0.339 e. The number of carbonyl (C=O) groups excluding carboxylic acids is 1. The van der Waals surface area contributed by atoms with E-state index in [0.29, 0.717) is 28.4 Å². The van der Waals surface area contributed by atoms with Crippen LogP contribution in [0.3, 0.4) is 0 Å². The van der Waals surface area contributed by atoms with E-state index in [1.54, 1.807) is 36.6 Å². The number of ether oxygens (including phenoxy) is 1. The summed E-state index contributed by atoms with van der Waals surface area (Å²) >= 11 is 0. The lowest BCUT2D eigenvalue weighted by Crippen LogP contribution is -2.08. The molecule has 0 atom stereocenters. The number of anilines is 2. The lowest BCUT2D eigenvalue weighted by atomic mass is 10.1. The van der Waals surface area contributed by atoms with Gasteiger partial charge in [-0.3, -0.25) is 4.40 Å². The Kier molecular flexibility index (Phi) is 4.57. The number of carboxylic acid groups (broad SMARTS) is 1. The molecule has 0 saturated carbocycles. The van der Waals surface area contributed by atoms with Crippen molar-refractivity contribution in [3.8, 4) is 0 Å². The Morgan fingerprint density at radius 3 is 2.73 bits per heavy atom. The third-order valence-electron chi connectivity index (χ3n) is 4.06. The second kappa shape index (κ2) is 6.83. The van der Waals surface area contributed by atoms with Crippen LogP contribution in [-0.2, 0) is 4.74 Å². The number of esters is 1. The maximum atomic E-state index is 12.1. The molecule has 134 valence electrons. The number of fused-ring (bicyclic) bond motifs is 1. The number of rotatable bonds is 5. The van der Waals surface area contributed by atoms with E-state index in [1.165, 1.54) is 12.1 Å². The summed E-state index contributed by atoms with van der Waals surface area (Å²) < 4.78 is 6.82. The largest absolute Gasteiger partial charge is 0.478 e. The number of aromatic carboxylic acids is 1. The van der Waals surface area contributed by atoms with Crippen molar-refractivity contribution in [2.75, 3.05) is 11.9 Å². The molecule has 2 heterocycles. The Morgan fingerprint density at radius 2 is 2.04 bits per heavy atom. The molecule has 2 N–H and O–H groups in total. The van der Waals surface area contributed by atoms with Gasteiger partial charge in [-0.25, -0.2) is 9.59 Å². The van der Waals surface area contributed by atoms with Crippen molar-refractivity contribution in [2.24, 2.45) is 0 Å². The van der Waals surface area contributed by atoms with E-state index in [0.717, 1.165) is 5.56 Å². The van der Waals surface area contributed by atoms with Crippen LogP contribution in [0.2, 0.25) is 0 Å². The summed E-state index contributed by atoms with van der Waals surface area (Å²) in [5.41, 5.74) is 3.37. The van der Waals surface area contributed by atoms with Gasteiger partial charge in [-0.15, -0.1) is 5.10 Å². The summed E-state index contributed by atoms with van der Waals surface area (Å²) in [6.45, 7) is 5.67. The molecule has 0 aliphatic heterocycles. The zero-order chi connectivity index (χ0) is 18.8. The van der Waals surface area contributed by atoms with Gasteiger partial charge in [0.05, 0.1) is 29.4 Å². The highest BCUT2D eigenvalue weighted by Gasteiger charge is 2.18. The lowest BCUT2D eigenvalue weighted by Gasteiger charge is -2.12. The molecule has 0 bridgehead atoms. The van der Waals surface area contributed by atoms with Gasteiger partial charge in [0.1, 0.15) is 0 Å². The van der Waals surface area contributed by atoms with Crippen LogP contribution in [0.1, 0.15) is 38.9 Å². The molecule has 0 aliphatic carbocycles. The molecule has 3 rings (SSSR count). The summed E-state index contributed by atoms with van der Waals surface area (Å²) in [6, 6.07) is 6.47. The minimum atomic E-state index is -1.01. The Labute approximate surface area is 149 Å². The van der Waals surface area contributed by atoms with Gasteiger partial charge < -0.3 is 15.2 Å². The van der Waals surface area contributed by atoms with Crippen molar-refractivity contribution in [3.63, 3.8) is 0 Å². The molecule has 2 aromatic heterocycles. The number of carbonyl (C=O) groups is 2. The molecule has 1 aromatic carbocycles. The minimum absolute atomic E-state index is 0.162. The molecule has 8 heteroatoms. The van der Waals surface area contributed by atoms with Crippen LogP contribution in [0.4, 0.5) is 11.6 Å². The van der Waals surface area contributed by atoms with Crippen molar-refractivity contribution in [2.45, 2.75) is 20.8 Å². The highest BCUT2D eigenvalue weighted by Crippen LogP contribution is 2.24. The minimum Gasteiger partial charge on any atom is -0.478 e. The molecule has 0 aliphatic rings. The van der Waals surface area contributed by atoms with E-state index in [-0.39, 0.29) is 12.2 Å². The van der Waals surface area contributed by atoms with E-state index in [9.17, 15) is 14.7 Å². The second-order valence-electron chi connectivity index (χ2n) is 5.75. The van der Waals surface area contributed by atoms with Crippen LogP contribution in [0, 0.1) is 13.8 Å². The van der Waals surface area contributed by atoms with E-state index in [2.05, 4.69) is 15.5 Å². The van der Waals surface area contributed by atoms with Gasteiger partial charge in [0.15, 0.2) is 0 Å². The van der Waals surface area contributed by atoms with E-state index < -0.39 is 11.9 Å². The van der Waals surface area contributed by atoms with Gasteiger partial charge in [-0.1, -0.05) is 6.07 Å². The lowest BCUT2D eigenvalue weighted by molar-refractivity contribution is 0.0525. The van der Waals surface area contributed by atoms with E-state index in [1.807, 2.05) is 6.92 Å². The van der Waals surface area contributed by atoms with Gasteiger partial charge in [-0.2, -0.15) is 5.10 Å². The number of hydrogen-bond donors (Lipinski definition) is 2. The molecule has 8 nitrogen and oxygen atoms in total. The topological polar surface area (TPSA) is 106 Å². The quantitative estimate of drug-likeness (QED) is 0.678. The van der Waals surface area contributed by atoms with Crippen molar-refractivity contribution in [3.05, 3.63) is 52.8 Å². The molecule has 3 aromatic rings. The Morgan fingerprint density at radius 1 is 1.27 bits per heavy atom. The molecule has 0 radical (unpaired) electrons. The average Bonchev–Trinajstić information content (AvgIpc) is 2.95. The number of nitrogens with one attached hydrogen (secondary N) is 1. The van der Waals surface area contributed by atoms with Crippen LogP contribution in [0.15, 0.2) is 30.5 Å². The van der Waals surface area contributed by atoms with Gasteiger partial charge in [0.2, 0.25) is 5.95 Å². The highest BCUT2D eigenvalue weighted by molar-refractivity contribution is 5.93. The normalized spacial score (nSPS) is 10.7. The van der Waals surface area contributed by atoms with Crippen LogP contribution in [0.25, 0.3) is 5.52 Å². The fourth-order valence-electron chi connectivity index (χ4n) is 2.70. The Hall–Kier alpha value is -3.42. The third kappa shape index (κ3) is 3.08. The molecule has 0 spiro atoms. The molecular formula is C18H18N4O4. The third-order valence-corrected chi connectivity index (χ3v) is 4.06. The molecule has 0 unspecified atom stereocenters. The molecule has 0 amide bonds. The van der Waals surface area contributed by atoms with Gasteiger partial charge in [0, 0.05) is 11.4 Å². The fraction of sp³-hybridized carbons (Fsp3) is 0.222. The van der Waals surface area contributed by atoms with Gasteiger partial charge in [0.25, 0.3) is 0 Å². The molecule has 0 saturated heterocycles. The summed E-state index contributed by atoms with van der Waals surface area (Å²) in [5, 5.41) is 20.3. The van der Waals surface area contributed by atoms with Gasteiger partial charge >= 0.3 is 11.9 Å². The highest BCUT2D eigenvalue weighted by atomic mass is 16.5. The van der Waals surface area contributed by atoms with Crippen LogP contribution in [-0.4, -0.2) is 38.3 Å². The van der Waals surface area contributed by atoms with Crippen LogP contribution in [0.5, 0.6) is 0 Å². The smallest absolute Gasteiger partial charge is 0.339 e. The first kappa shape index (κ1) is 17.4. The number of benzene rings is 1. The number of hydrogen-bond acceptors (Lipinski definition) is 6. The zero-order valence-electron chi connectivity index (χ0n) is 14.6. The van der Waals surface area contributed by atoms with Gasteiger partial charge in [-0.05, 0) is 44.5 Å². The Balaban J connectivity index is 2.08. The molecule has 26 heavy (non-hydrogen) atoms. The summed E-state index contributed by atoms with van der Waals surface area (Å²) in [4.78, 5) is 23.3. The monoisotopic (exact) mass is 354 g/mol. The predicted molar refractivity (Wildman–Crippen MR) is 95.1 cm³/mol. The zero-order valence-corrected chi connectivity index (χ0v) is 14.6. The average molecular weight is 354 g/mol. The predicted octanol–water partition coefficient (Wildman–Crippen LogP) is 2.96. The van der Waals surface area contributed by atoms with Crippen LogP contribution < -0.4 is 5.32 Å². The maximum absolute atomic E-state index is 12.1. The standard InChI is InChI=1S/C18H18N4O4/c1-4-26-17(25)14-8-13-9-19-21-18(22(13)11(14)3)20-15-7-12(16(23)24)6-5-10(15)2/h5-9H,4H2,1-3H3,(H,20,21)(H,23,24). The summed E-state index contributed by atoms with van der Waals surface area (Å²) in [6.07, 6.45) is 1.54. The van der Waals surface area contributed by atoms with E-state index >= 15 is 0 Å². The SMILES string of the molecule is CCOC(=O)c1cc2cnnc(Nc3cc(C(=O)O)ccc3C)n2c1C. The number of nitrogens with zero attached hydrogens (tertiary/aromatic N) is 3. The van der Waals surface area contributed by atoms with Crippen molar-refractivity contribution >= 4 is 29.1 Å².